The van der Waals surface area contributed by atoms with E-state index in [-0.39, 0.29) is 0 Å². The van der Waals surface area contributed by atoms with Crippen LogP contribution < -0.4 is 0 Å². The first-order valence-electron chi connectivity index (χ1n) is 4.66. The average molecular weight is 214 g/mol. The van der Waals surface area contributed by atoms with Crippen molar-refractivity contribution in [2.24, 2.45) is 4.99 Å². The van der Waals surface area contributed by atoms with Gasteiger partial charge in [0.1, 0.15) is 0 Å². The van der Waals surface area contributed by atoms with E-state index in [9.17, 15) is 0 Å². The Morgan fingerprint density at radius 1 is 1.27 bits per heavy atom. The highest BCUT2D eigenvalue weighted by atomic mass is 32.1. The van der Waals surface area contributed by atoms with Crippen LogP contribution in [0, 0.1) is 13.8 Å². The molecular weight excluding hydrogens is 204 g/mol. The summed E-state index contributed by atoms with van der Waals surface area (Å²) in [6.07, 6.45) is 0. The minimum absolute atomic E-state index is 0.844. The SMILES string of the molecule is Cc1ccc2nc(C)cc(N=C=S)c2c1. The Bertz CT molecular complexity index is 569. The van der Waals surface area contributed by atoms with Crippen molar-refractivity contribution in [3.05, 3.63) is 35.5 Å². The summed E-state index contributed by atoms with van der Waals surface area (Å²) in [4.78, 5) is 8.50. The molecule has 0 saturated heterocycles. The number of aromatic nitrogens is 1. The quantitative estimate of drug-likeness (QED) is 0.535. The van der Waals surface area contributed by atoms with Crippen LogP contribution in [0.25, 0.3) is 10.9 Å². The molecule has 0 saturated carbocycles. The Morgan fingerprint density at radius 3 is 2.80 bits per heavy atom. The number of hydrogen-bond donors (Lipinski definition) is 0. The summed E-state index contributed by atoms with van der Waals surface area (Å²) < 4.78 is 0. The summed E-state index contributed by atoms with van der Waals surface area (Å²) in [6.45, 7) is 3.99. The number of rotatable bonds is 1. The third-order valence-corrected chi connectivity index (χ3v) is 2.33. The molecule has 0 spiro atoms. The molecule has 15 heavy (non-hydrogen) atoms. The molecule has 0 aliphatic carbocycles. The lowest BCUT2D eigenvalue weighted by atomic mass is 10.1. The lowest BCUT2D eigenvalue weighted by Crippen LogP contribution is -1.85. The highest BCUT2D eigenvalue weighted by molar-refractivity contribution is 7.78. The van der Waals surface area contributed by atoms with Gasteiger partial charge in [-0.05, 0) is 44.3 Å². The highest BCUT2D eigenvalue weighted by Crippen LogP contribution is 2.26. The first-order valence-corrected chi connectivity index (χ1v) is 5.07. The van der Waals surface area contributed by atoms with Gasteiger partial charge in [0.05, 0.1) is 16.4 Å². The molecule has 3 heteroatoms. The fraction of sp³-hybridized carbons (Fsp3) is 0.167. The molecule has 0 atom stereocenters. The van der Waals surface area contributed by atoms with Crippen LogP contribution in [0.4, 0.5) is 5.69 Å². The van der Waals surface area contributed by atoms with E-state index in [1.165, 1.54) is 5.56 Å². The molecule has 0 bridgehead atoms. The van der Waals surface area contributed by atoms with Crippen molar-refractivity contribution in [1.29, 1.82) is 0 Å². The Morgan fingerprint density at radius 2 is 2.07 bits per heavy atom. The second-order valence-corrected chi connectivity index (χ2v) is 3.69. The van der Waals surface area contributed by atoms with E-state index < -0.39 is 0 Å². The standard InChI is InChI=1S/C12H10N2S/c1-8-3-4-11-10(5-8)12(13-7-15)6-9(2)14-11/h3-6H,1-2H3. The van der Waals surface area contributed by atoms with Crippen LogP contribution in [-0.4, -0.2) is 10.1 Å². The van der Waals surface area contributed by atoms with E-state index in [0.717, 1.165) is 22.3 Å². The minimum Gasteiger partial charge on any atom is -0.253 e. The molecule has 0 aliphatic heterocycles. The maximum atomic E-state index is 4.64. The number of nitrogens with zero attached hydrogens (tertiary/aromatic N) is 2. The van der Waals surface area contributed by atoms with E-state index in [1.807, 2.05) is 32.0 Å². The number of aryl methyl sites for hydroxylation is 2. The van der Waals surface area contributed by atoms with Crippen molar-refractivity contribution in [1.82, 2.24) is 4.98 Å². The highest BCUT2D eigenvalue weighted by Gasteiger charge is 2.02. The number of thiocarbonyl (C=S) groups is 1. The van der Waals surface area contributed by atoms with Crippen molar-refractivity contribution in [3.8, 4) is 0 Å². The minimum atomic E-state index is 0.844. The summed E-state index contributed by atoms with van der Waals surface area (Å²) in [5.41, 5.74) is 3.92. The Balaban J connectivity index is 2.87. The van der Waals surface area contributed by atoms with Gasteiger partial charge in [-0.25, -0.2) is 0 Å². The smallest absolute Gasteiger partial charge is 0.0851 e. The van der Waals surface area contributed by atoms with E-state index in [2.05, 4.69) is 33.4 Å². The molecule has 0 aliphatic rings. The molecule has 2 nitrogen and oxygen atoms in total. The second kappa shape index (κ2) is 3.89. The van der Waals surface area contributed by atoms with Crippen molar-refractivity contribution in [2.75, 3.05) is 0 Å². The molecule has 0 radical (unpaired) electrons. The zero-order valence-corrected chi connectivity index (χ0v) is 9.43. The number of fused-ring (bicyclic) bond motifs is 1. The van der Waals surface area contributed by atoms with Crippen LogP contribution in [0.2, 0.25) is 0 Å². The van der Waals surface area contributed by atoms with Crippen LogP contribution in [0.15, 0.2) is 29.3 Å². The lowest BCUT2D eigenvalue weighted by Gasteiger charge is -2.03. The van der Waals surface area contributed by atoms with E-state index in [1.54, 1.807) is 0 Å². The number of hydrogen-bond acceptors (Lipinski definition) is 3. The van der Waals surface area contributed by atoms with E-state index in [4.69, 9.17) is 0 Å². The van der Waals surface area contributed by atoms with Crippen LogP contribution in [-0.2, 0) is 0 Å². The molecular formula is C12H10N2S. The Kier molecular flexibility index (Phi) is 2.58. The van der Waals surface area contributed by atoms with Crippen LogP contribution in [0.5, 0.6) is 0 Å². The van der Waals surface area contributed by atoms with Gasteiger partial charge in [0.15, 0.2) is 0 Å². The van der Waals surface area contributed by atoms with E-state index in [0.29, 0.717) is 0 Å². The van der Waals surface area contributed by atoms with Crippen LogP contribution >= 0.6 is 12.2 Å². The zero-order chi connectivity index (χ0) is 10.8. The van der Waals surface area contributed by atoms with E-state index >= 15 is 0 Å². The lowest BCUT2D eigenvalue weighted by molar-refractivity contribution is 1.25. The van der Waals surface area contributed by atoms with Crippen molar-refractivity contribution < 1.29 is 0 Å². The molecule has 1 aromatic heterocycles. The fourth-order valence-electron chi connectivity index (χ4n) is 1.59. The first kappa shape index (κ1) is 9.97. The maximum Gasteiger partial charge on any atom is 0.0851 e. The van der Waals surface area contributed by atoms with Crippen LogP contribution in [0.3, 0.4) is 0 Å². The molecule has 2 rings (SSSR count). The topological polar surface area (TPSA) is 25.2 Å². The van der Waals surface area contributed by atoms with Crippen molar-refractivity contribution in [3.63, 3.8) is 0 Å². The molecule has 0 N–H and O–H groups in total. The average Bonchev–Trinajstić information content (AvgIpc) is 2.19. The molecule has 1 heterocycles. The summed E-state index contributed by atoms with van der Waals surface area (Å²) in [7, 11) is 0. The van der Waals surface area contributed by atoms with Crippen molar-refractivity contribution in [2.45, 2.75) is 13.8 Å². The molecule has 0 unspecified atom stereocenters. The molecule has 0 amide bonds. The number of isothiocyanates is 1. The third kappa shape index (κ3) is 1.94. The van der Waals surface area contributed by atoms with Gasteiger partial charge in [0.25, 0.3) is 0 Å². The second-order valence-electron chi connectivity index (χ2n) is 3.51. The maximum absolute atomic E-state index is 4.64. The largest absolute Gasteiger partial charge is 0.253 e. The summed E-state index contributed by atoms with van der Waals surface area (Å²) >= 11 is 4.64. The molecule has 1 aromatic carbocycles. The predicted molar refractivity (Wildman–Crippen MR) is 65.9 cm³/mol. The fourth-order valence-corrected chi connectivity index (χ4v) is 1.69. The Hall–Kier alpha value is -1.57. The Labute approximate surface area is 93.7 Å². The number of benzene rings is 1. The van der Waals surface area contributed by atoms with Gasteiger partial charge in [-0.3, -0.25) is 4.98 Å². The van der Waals surface area contributed by atoms with Gasteiger partial charge in [-0.2, -0.15) is 4.99 Å². The zero-order valence-electron chi connectivity index (χ0n) is 8.61. The number of pyridine rings is 1. The third-order valence-electron chi connectivity index (χ3n) is 2.24. The van der Waals surface area contributed by atoms with Gasteiger partial charge < -0.3 is 0 Å². The first-order chi connectivity index (χ1) is 7.20. The van der Waals surface area contributed by atoms with Gasteiger partial charge in [-0.1, -0.05) is 11.6 Å². The van der Waals surface area contributed by atoms with Crippen molar-refractivity contribution >= 4 is 34.0 Å². The van der Waals surface area contributed by atoms with Gasteiger partial charge in [0, 0.05) is 11.1 Å². The molecule has 0 fully saturated rings. The summed E-state index contributed by atoms with van der Waals surface area (Å²) in [6, 6.07) is 8.02. The molecule has 74 valence electrons. The van der Waals surface area contributed by atoms with Gasteiger partial charge in [0.2, 0.25) is 0 Å². The predicted octanol–water partition coefficient (Wildman–Crippen LogP) is 3.59. The van der Waals surface area contributed by atoms with Gasteiger partial charge in [-0.15, -0.1) is 0 Å². The summed E-state index contributed by atoms with van der Waals surface area (Å²) in [5.74, 6) is 0. The molecule has 2 aromatic rings. The monoisotopic (exact) mass is 214 g/mol. The number of aliphatic imine (C=N–C) groups is 1. The van der Waals surface area contributed by atoms with Crippen LogP contribution in [0.1, 0.15) is 11.3 Å². The van der Waals surface area contributed by atoms with Gasteiger partial charge >= 0.3 is 0 Å². The normalized spacial score (nSPS) is 10.0. The summed E-state index contributed by atoms with van der Waals surface area (Å²) in [5, 5.41) is 3.43.